The van der Waals surface area contributed by atoms with E-state index in [9.17, 15) is 5.26 Å². The molecule has 1 aromatic rings. The van der Waals surface area contributed by atoms with Crippen LogP contribution < -0.4 is 4.90 Å². The van der Waals surface area contributed by atoms with Gasteiger partial charge in [-0.25, -0.2) is 4.98 Å². The highest BCUT2D eigenvalue weighted by molar-refractivity contribution is 5.57. The van der Waals surface area contributed by atoms with Crippen LogP contribution in [0.25, 0.3) is 0 Å². The van der Waals surface area contributed by atoms with Crippen LogP contribution in [0.1, 0.15) is 56.4 Å². The van der Waals surface area contributed by atoms with Gasteiger partial charge in [-0.15, -0.1) is 0 Å². The molecular formula is C17H23N3. The third-order valence-electron chi connectivity index (χ3n) is 5.39. The predicted molar refractivity (Wildman–Crippen MR) is 80.8 cm³/mol. The fourth-order valence-corrected chi connectivity index (χ4v) is 3.73. The molecule has 0 saturated carbocycles. The van der Waals surface area contributed by atoms with Gasteiger partial charge in [0.2, 0.25) is 0 Å². The summed E-state index contributed by atoms with van der Waals surface area (Å²) in [5.41, 5.74) is 3.72. The number of anilines is 1. The maximum Gasteiger partial charge on any atom is 0.146 e. The number of fused-ring (bicyclic) bond motifs is 1. The first-order valence-electron chi connectivity index (χ1n) is 7.89. The Balaban J connectivity index is 1.94. The van der Waals surface area contributed by atoms with E-state index >= 15 is 0 Å². The average molecular weight is 269 g/mol. The minimum Gasteiger partial charge on any atom is -0.355 e. The van der Waals surface area contributed by atoms with Crippen LogP contribution in [0.3, 0.4) is 0 Å². The summed E-state index contributed by atoms with van der Waals surface area (Å²) in [5, 5.41) is 9.44. The molecule has 0 atom stereocenters. The second-order valence-corrected chi connectivity index (χ2v) is 6.31. The summed E-state index contributed by atoms with van der Waals surface area (Å²) in [6.07, 6.45) is 7.01. The highest BCUT2D eigenvalue weighted by atomic mass is 15.2. The van der Waals surface area contributed by atoms with Gasteiger partial charge < -0.3 is 4.90 Å². The van der Waals surface area contributed by atoms with Crippen molar-refractivity contribution in [3.8, 4) is 6.07 Å². The van der Waals surface area contributed by atoms with Crippen LogP contribution in [0, 0.1) is 16.7 Å². The van der Waals surface area contributed by atoms with Gasteiger partial charge in [0.25, 0.3) is 0 Å². The molecule has 1 aromatic heterocycles. The Kier molecular flexibility index (Phi) is 3.41. The van der Waals surface area contributed by atoms with E-state index < -0.39 is 0 Å². The maximum atomic E-state index is 9.44. The Bertz CT molecular complexity index is 552. The van der Waals surface area contributed by atoms with Crippen molar-refractivity contribution < 1.29 is 0 Å². The molecule has 1 aliphatic carbocycles. The van der Waals surface area contributed by atoms with Gasteiger partial charge in [-0.1, -0.05) is 13.8 Å². The molecule has 0 radical (unpaired) electrons. The van der Waals surface area contributed by atoms with Crippen molar-refractivity contribution in [2.75, 3.05) is 18.0 Å². The van der Waals surface area contributed by atoms with Crippen molar-refractivity contribution in [2.24, 2.45) is 5.41 Å². The Morgan fingerprint density at radius 1 is 1.35 bits per heavy atom. The maximum absolute atomic E-state index is 9.44. The zero-order valence-electron chi connectivity index (χ0n) is 12.6. The van der Waals surface area contributed by atoms with E-state index in [4.69, 9.17) is 4.98 Å². The lowest BCUT2D eigenvalue weighted by molar-refractivity contribution is 0.301. The first-order valence-corrected chi connectivity index (χ1v) is 7.89. The van der Waals surface area contributed by atoms with Crippen molar-refractivity contribution in [2.45, 2.75) is 52.4 Å². The molecule has 1 saturated heterocycles. The third-order valence-corrected chi connectivity index (χ3v) is 5.39. The Morgan fingerprint density at radius 2 is 2.15 bits per heavy atom. The molecule has 0 aromatic carbocycles. The molecule has 0 amide bonds. The number of aryl methyl sites for hydroxylation is 2. The molecule has 1 aliphatic heterocycles. The molecule has 0 unspecified atom stereocenters. The van der Waals surface area contributed by atoms with Crippen molar-refractivity contribution in [3.05, 3.63) is 22.9 Å². The molecular weight excluding hydrogens is 246 g/mol. The number of pyridine rings is 1. The Labute approximate surface area is 121 Å². The minimum atomic E-state index is 0.424. The average Bonchev–Trinajstić information content (AvgIpc) is 3.12. The molecule has 2 aliphatic rings. The van der Waals surface area contributed by atoms with Crippen molar-refractivity contribution in [1.82, 2.24) is 4.98 Å². The molecule has 0 spiro atoms. The van der Waals surface area contributed by atoms with Crippen LogP contribution >= 0.6 is 0 Å². The molecule has 0 N–H and O–H groups in total. The lowest BCUT2D eigenvalue weighted by atomic mass is 9.82. The van der Waals surface area contributed by atoms with Crippen LogP contribution in [0.15, 0.2) is 6.07 Å². The summed E-state index contributed by atoms with van der Waals surface area (Å²) in [6.45, 7) is 6.67. The standard InChI is InChI=1S/C17H23N3/c1-3-17(4-2)8-9-20(12-17)16-14(11-18)10-13-6-5-7-15(13)19-16/h10H,3-9,12H2,1-2H3. The van der Waals surface area contributed by atoms with Gasteiger partial charge in [0.05, 0.1) is 5.56 Å². The fraction of sp³-hybridized carbons (Fsp3) is 0.647. The van der Waals surface area contributed by atoms with Crippen molar-refractivity contribution in [1.29, 1.82) is 5.26 Å². The number of nitrogens with zero attached hydrogens (tertiary/aromatic N) is 3. The molecule has 2 heterocycles. The highest BCUT2D eigenvalue weighted by Crippen LogP contribution is 2.40. The van der Waals surface area contributed by atoms with Crippen LogP contribution in [0.4, 0.5) is 5.82 Å². The second-order valence-electron chi connectivity index (χ2n) is 6.31. The topological polar surface area (TPSA) is 39.9 Å². The molecule has 3 heteroatoms. The van der Waals surface area contributed by atoms with Gasteiger partial charge in [-0.2, -0.15) is 5.26 Å². The van der Waals surface area contributed by atoms with Crippen LogP contribution in [-0.2, 0) is 12.8 Å². The lowest BCUT2D eigenvalue weighted by Gasteiger charge is -2.27. The molecule has 3 rings (SSSR count). The van der Waals surface area contributed by atoms with E-state index in [1.165, 1.54) is 36.9 Å². The molecule has 1 fully saturated rings. The van der Waals surface area contributed by atoms with E-state index in [2.05, 4.69) is 30.9 Å². The third kappa shape index (κ3) is 2.08. The number of rotatable bonds is 3. The predicted octanol–water partition coefficient (Wildman–Crippen LogP) is 3.46. The van der Waals surface area contributed by atoms with Gasteiger partial charge in [0.1, 0.15) is 11.9 Å². The summed E-state index contributed by atoms with van der Waals surface area (Å²) in [4.78, 5) is 7.19. The van der Waals surface area contributed by atoms with E-state index in [1.54, 1.807) is 0 Å². The summed E-state index contributed by atoms with van der Waals surface area (Å²) in [7, 11) is 0. The first kappa shape index (κ1) is 13.4. The molecule has 0 bridgehead atoms. The number of hydrogen-bond donors (Lipinski definition) is 0. The monoisotopic (exact) mass is 269 g/mol. The van der Waals surface area contributed by atoms with E-state index in [1.807, 2.05) is 0 Å². The summed E-state index contributed by atoms with van der Waals surface area (Å²) >= 11 is 0. The van der Waals surface area contributed by atoms with Gasteiger partial charge in [0.15, 0.2) is 0 Å². The summed E-state index contributed by atoms with van der Waals surface area (Å²) in [6, 6.07) is 4.45. The van der Waals surface area contributed by atoms with Crippen LogP contribution in [0.5, 0.6) is 0 Å². The van der Waals surface area contributed by atoms with Gasteiger partial charge >= 0.3 is 0 Å². The zero-order valence-corrected chi connectivity index (χ0v) is 12.6. The fourth-order valence-electron chi connectivity index (χ4n) is 3.73. The number of nitriles is 1. The smallest absolute Gasteiger partial charge is 0.146 e. The SMILES string of the molecule is CCC1(CC)CCN(c2nc3c(cc2C#N)CCC3)C1. The first-order chi connectivity index (χ1) is 9.71. The van der Waals surface area contributed by atoms with Gasteiger partial charge in [-0.05, 0) is 55.6 Å². The Hall–Kier alpha value is -1.56. The number of hydrogen-bond acceptors (Lipinski definition) is 3. The van der Waals surface area contributed by atoms with Gasteiger partial charge in [-0.3, -0.25) is 0 Å². The largest absolute Gasteiger partial charge is 0.355 e. The Morgan fingerprint density at radius 3 is 2.80 bits per heavy atom. The number of aromatic nitrogens is 1. The van der Waals surface area contributed by atoms with E-state index in [-0.39, 0.29) is 0 Å². The van der Waals surface area contributed by atoms with Gasteiger partial charge in [0, 0.05) is 18.8 Å². The van der Waals surface area contributed by atoms with E-state index in [0.29, 0.717) is 5.41 Å². The van der Waals surface area contributed by atoms with Crippen molar-refractivity contribution in [3.63, 3.8) is 0 Å². The zero-order chi connectivity index (χ0) is 14.2. The minimum absolute atomic E-state index is 0.424. The molecule has 3 nitrogen and oxygen atoms in total. The summed E-state index contributed by atoms with van der Waals surface area (Å²) in [5.74, 6) is 0.942. The quantitative estimate of drug-likeness (QED) is 0.843. The second kappa shape index (κ2) is 5.09. The summed E-state index contributed by atoms with van der Waals surface area (Å²) < 4.78 is 0. The van der Waals surface area contributed by atoms with E-state index in [0.717, 1.165) is 37.3 Å². The molecule has 20 heavy (non-hydrogen) atoms. The highest BCUT2D eigenvalue weighted by Gasteiger charge is 2.36. The van der Waals surface area contributed by atoms with Crippen molar-refractivity contribution >= 4 is 5.82 Å². The normalized spacial score (nSPS) is 19.9. The lowest BCUT2D eigenvalue weighted by Crippen LogP contribution is -2.27. The molecule has 106 valence electrons. The van der Waals surface area contributed by atoms with Crippen LogP contribution in [0.2, 0.25) is 0 Å². The van der Waals surface area contributed by atoms with Crippen LogP contribution in [-0.4, -0.2) is 18.1 Å².